The standard InChI is InChI=1S/C7H8NOP/c1-5-4-6(8-9)2-3-7(5)10/h2-4H,10H2,1H3. The summed E-state index contributed by atoms with van der Waals surface area (Å²) in [5.74, 6) is 0. The van der Waals surface area contributed by atoms with E-state index in [1.807, 2.05) is 13.0 Å². The van der Waals surface area contributed by atoms with Crippen LogP contribution in [0.25, 0.3) is 0 Å². The van der Waals surface area contributed by atoms with Crippen LogP contribution in [0.2, 0.25) is 0 Å². The molecule has 0 fully saturated rings. The van der Waals surface area contributed by atoms with Crippen LogP contribution in [0, 0.1) is 11.8 Å². The Balaban J connectivity index is 3.16. The average Bonchev–Trinajstić information content (AvgIpc) is 1.95. The maximum Gasteiger partial charge on any atom is 0.108 e. The molecule has 0 saturated heterocycles. The molecule has 0 N–H and O–H groups in total. The fourth-order valence-electron chi connectivity index (χ4n) is 0.717. The minimum Gasteiger partial charge on any atom is -0.145 e. The summed E-state index contributed by atoms with van der Waals surface area (Å²) in [5, 5.41) is 3.92. The molecule has 1 unspecified atom stereocenters. The van der Waals surface area contributed by atoms with Crippen molar-refractivity contribution in [2.24, 2.45) is 5.18 Å². The lowest BCUT2D eigenvalue weighted by atomic mass is 10.2. The predicted octanol–water partition coefficient (Wildman–Crippen LogP) is 1.89. The van der Waals surface area contributed by atoms with Gasteiger partial charge < -0.3 is 0 Å². The average molecular weight is 153 g/mol. The van der Waals surface area contributed by atoms with Gasteiger partial charge in [-0.3, -0.25) is 0 Å². The van der Waals surface area contributed by atoms with E-state index in [1.54, 1.807) is 12.1 Å². The largest absolute Gasteiger partial charge is 0.145 e. The van der Waals surface area contributed by atoms with Crippen LogP contribution in [0.3, 0.4) is 0 Å². The van der Waals surface area contributed by atoms with Crippen molar-refractivity contribution in [3.05, 3.63) is 28.7 Å². The van der Waals surface area contributed by atoms with Gasteiger partial charge in [-0.25, -0.2) is 0 Å². The van der Waals surface area contributed by atoms with Gasteiger partial charge >= 0.3 is 0 Å². The summed E-state index contributed by atoms with van der Waals surface area (Å²) < 4.78 is 0. The van der Waals surface area contributed by atoms with Crippen molar-refractivity contribution in [3.8, 4) is 0 Å². The molecule has 0 spiro atoms. The molecule has 2 nitrogen and oxygen atoms in total. The molecule has 10 heavy (non-hydrogen) atoms. The minimum atomic E-state index is 0.490. The van der Waals surface area contributed by atoms with Crippen LogP contribution in [0.1, 0.15) is 5.56 Å². The number of hydrogen-bond donors (Lipinski definition) is 0. The van der Waals surface area contributed by atoms with Gasteiger partial charge in [0.05, 0.1) is 0 Å². The molecule has 52 valence electrons. The van der Waals surface area contributed by atoms with E-state index < -0.39 is 0 Å². The fourth-order valence-corrected chi connectivity index (χ4v) is 0.896. The Morgan fingerprint density at radius 1 is 1.50 bits per heavy atom. The van der Waals surface area contributed by atoms with Gasteiger partial charge in [-0.2, -0.15) is 0 Å². The summed E-state index contributed by atoms with van der Waals surface area (Å²) in [4.78, 5) is 10.0. The van der Waals surface area contributed by atoms with Crippen LogP contribution in [0.5, 0.6) is 0 Å². The second kappa shape index (κ2) is 2.89. The Hall–Kier alpha value is -0.750. The Morgan fingerprint density at radius 2 is 2.20 bits per heavy atom. The van der Waals surface area contributed by atoms with Gasteiger partial charge in [0.1, 0.15) is 5.69 Å². The molecule has 0 bridgehead atoms. The van der Waals surface area contributed by atoms with E-state index in [9.17, 15) is 4.91 Å². The first-order valence-corrected chi connectivity index (χ1v) is 3.51. The molecular weight excluding hydrogens is 145 g/mol. The van der Waals surface area contributed by atoms with E-state index in [2.05, 4.69) is 14.4 Å². The number of benzene rings is 1. The Morgan fingerprint density at radius 3 is 2.70 bits per heavy atom. The van der Waals surface area contributed by atoms with E-state index in [0.29, 0.717) is 5.69 Å². The monoisotopic (exact) mass is 153 g/mol. The maximum atomic E-state index is 10.0. The van der Waals surface area contributed by atoms with Crippen LogP contribution in [-0.2, 0) is 0 Å². The second-order valence-electron chi connectivity index (χ2n) is 2.13. The summed E-state index contributed by atoms with van der Waals surface area (Å²) in [6.45, 7) is 1.94. The fraction of sp³-hybridized carbons (Fsp3) is 0.143. The zero-order chi connectivity index (χ0) is 7.56. The summed E-state index contributed by atoms with van der Waals surface area (Å²) >= 11 is 0. The number of aryl methyl sites for hydroxylation is 1. The van der Waals surface area contributed by atoms with Crippen molar-refractivity contribution < 1.29 is 0 Å². The van der Waals surface area contributed by atoms with Gasteiger partial charge in [-0.15, -0.1) is 14.1 Å². The van der Waals surface area contributed by atoms with E-state index in [1.165, 1.54) is 0 Å². The molecule has 0 saturated carbocycles. The highest BCUT2D eigenvalue weighted by molar-refractivity contribution is 7.27. The number of rotatable bonds is 1. The SMILES string of the molecule is Cc1cc(N=O)ccc1P. The van der Waals surface area contributed by atoms with E-state index in [4.69, 9.17) is 0 Å². The smallest absolute Gasteiger partial charge is 0.108 e. The summed E-state index contributed by atoms with van der Waals surface area (Å²) in [6.07, 6.45) is 0. The third-order valence-corrected chi connectivity index (χ3v) is 2.01. The lowest BCUT2D eigenvalue weighted by Crippen LogP contribution is -1.93. The van der Waals surface area contributed by atoms with Crippen molar-refractivity contribution in [3.63, 3.8) is 0 Å². The zero-order valence-electron chi connectivity index (χ0n) is 5.66. The molecule has 1 atom stereocenters. The summed E-state index contributed by atoms with van der Waals surface area (Å²) in [6, 6.07) is 5.31. The highest BCUT2D eigenvalue weighted by Crippen LogP contribution is 2.12. The normalized spacial score (nSPS) is 9.40. The third kappa shape index (κ3) is 1.39. The molecule has 0 aliphatic heterocycles. The molecule has 3 heteroatoms. The number of hydrogen-bond acceptors (Lipinski definition) is 2. The Labute approximate surface area is 61.8 Å². The molecule has 0 amide bonds. The first-order valence-electron chi connectivity index (χ1n) is 2.93. The molecule has 0 aliphatic rings. The molecule has 1 aromatic rings. The predicted molar refractivity (Wildman–Crippen MR) is 46.0 cm³/mol. The van der Waals surface area contributed by atoms with Gasteiger partial charge in [0, 0.05) is 0 Å². The second-order valence-corrected chi connectivity index (χ2v) is 2.75. The zero-order valence-corrected chi connectivity index (χ0v) is 6.82. The third-order valence-electron chi connectivity index (χ3n) is 1.36. The highest BCUT2D eigenvalue weighted by Gasteiger charge is 1.93. The molecule has 1 aromatic carbocycles. The molecule has 0 aliphatic carbocycles. The van der Waals surface area contributed by atoms with Gasteiger partial charge in [0.15, 0.2) is 0 Å². The lowest BCUT2D eigenvalue weighted by Gasteiger charge is -1.96. The molecule has 1 rings (SSSR count). The van der Waals surface area contributed by atoms with Crippen molar-refractivity contribution in [2.45, 2.75) is 6.92 Å². The van der Waals surface area contributed by atoms with Crippen LogP contribution in [0.4, 0.5) is 5.69 Å². The summed E-state index contributed by atoms with van der Waals surface area (Å²) in [7, 11) is 2.59. The molecular formula is C7H8NOP. The van der Waals surface area contributed by atoms with Crippen molar-refractivity contribution in [1.82, 2.24) is 0 Å². The van der Waals surface area contributed by atoms with Crippen molar-refractivity contribution in [2.75, 3.05) is 0 Å². The van der Waals surface area contributed by atoms with Crippen LogP contribution < -0.4 is 5.30 Å². The van der Waals surface area contributed by atoms with Crippen LogP contribution in [0.15, 0.2) is 23.4 Å². The van der Waals surface area contributed by atoms with Gasteiger partial charge in [0.2, 0.25) is 0 Å². The molecule has 0 radical (unpaired) electrons. The first-order chi connectivity index (χ1) is 4.74. The topological polar surface area (TPSA) is 29.4 Å². The summed E-state index contributed by atoms with van der Waals surface area (Å²) in [5.41, 5.74) is 1.56. The maximum absolute atomic E-state index is 10.0. The molecule has 0 heterocycles. The van der Waals surface area contributed by atoms with Crippen LogP contribution in [-0.4, -0.2) is 0 Å². The number of nitrogens with zero attached hydrogens (tertiary/aromatic N) is 1. The van der Waals surface area contributed by atoms with Gasteiger partial charge in [-0.05, 0) is 35.1 Å². The van der Waals surface area contributed by atoms with Crippen molar-refractivity contribution in [1.29, 1.82) is 0 Å². The minimum absolute atomic E-state index is 0.490. The van der Waals surface area contributed by atoms with E-state index in [0.717, 1.165) is 10.9 Å². The Bertz CT molecular complexity index is 260. The highest BCUT2D eigenvalue weighted by atomic mass is 31.0. The van der Waals surface area contributed by atoms with E-state index in [-0.39, 0.29) is 0 Å². The van der Waals surface area contributed by atoms with Gasteiger partial charge in [-0.1, -0.05) is 6.07 Å². The quantitative estimate of drug-likeness (QED) is 0.447. The lowest BCUT2D eigenvalue weighted by molar-refractivity contribution is 1.44. The molecule has 0 aromatic heterocycles. The Kier molecular flexibility index (Phi) is 2.13. The van der Waals surface area contributed by atoms with E-state index >= 15 is 0 Å². The first kappa shape index (κ1) is 7.36. The number of nitroso groups, excluding NO2 is 1. The van der Waals surface area contributed by atoms with Crippen molar-refractivity contribution >= 4 is 20.2 Å². The van der Waals surface area contributed by atoms with Gasteiger partial charge in [0.25, 0.3) is 0 Å². The van der Waals surface area contributed by atoms with Crippen LogP contribution >= 0.6 is 9.24 Å².